The molecular weight excluding hydrogens is 215 g/mol. The van der Waals surface area contributed by atoms with E-state index in [4.69, 9.17) is 5.26 Å². The Hall–Kier alpha value is -1.40. The van der Waals surface area contributed by atoms with Crippen LogP contribution in [0.5, 0.6) is 0 Å². The Kier molecular flexibility index (Phi) is 5.65. The summed E-state index contributed by atoms with van der Waals surface area (Å²) in [6.45, 7) is 5.87. The van der Waals surface area contributed by atoms with Crippen LogP contribution >= 0.6 is 0 Å². The second-order valence-corrected chi connectivity index (χ2v) is 4.01. The summed E-state index contributed by atoms with van der Waals surface area (Å²) in [5.41, 5.74) is 1.12. The quantitative estimate of drug-likeness (QED) is 0.753. The third-order valence-corrected chi connectivity index (χ3v) is 3.00. The highest BCUT2D eigenvalue weighted by Crippen LogP contribution is 2.24. The molecule has 3 heteroatoms. The molecule has 0 fully saturated rings. The van der Waals surface area contributed by atoms with E-state index in [-0.39, 0.29) is 11.9 Å². The third-order valence-electron chi connectivity index (χ3n) is 3.00. The molecule has 1 aromatic carbocycles. The van der Waals surface area contributed by atoms with Crippen LogP contribution in [0.15, 0.2) is 24.3 Å². The van der Waals surface area contributed by atoms with Crippen LogP contribution < -0.4 is 0 Å². The number of halogens is 1. The van der Waals surface area contributed by atoms with E-state index in [0.29, 0.717) is 6.42 Å². The summed E-state index contributed by atoms with van der Waals surface area (Å²) in [6.07, 6.45) is 1.50. The van der Waals surface area contributed by atoms with Gasteiger partial charge in [-0.1, -0.05) is 26.0 Å². The molecule has 0 amide bonds. The summed E-state index contributed by atoms with van der Waals surface area (Å²) in [4.78, 5) is 2.26. The highest BCUT2D eigenvalue weighted by atomic mass is 19.1. The van der Waals surface area contributed by atoms with Gasteiger partial charge >= 0.3 is 0 Å². The molecule has 2 nitrogen and oxygen atoms in total. The molecule has 0 aliphatic rings. The van der Waals surface area contributed by atoms with Crippen LogP contribution in [0.4, 0.5) is 4.39 Å². The topological polar surface area (TPSA) is 27.0 Å². The van der Waals surface area contributed by atoms with Gasteiger partial charge in [0.15, 0.2) is 0 Å². The molecule has 0 aliphatic carbocycles. The molecule has 0 saturated heterocycles. The molecule has 1 rings (SSSR count). The van der Waals surface area contributed by atoms with E-state index in [0.717, 1.165) is 25.1 Å². The lowest BCUT2D eigenvalue weighted by molar-refractivity contribution is 0.207. The van der Waals surface area contributed by atoms with E-state index in [1.165, 1.54) is 12.1 Å². The van der Waals surface area contributed by atoms with Crippen molar-refractivity contribution in [1.29, 1.82) is 5.26 Å². The van der Waals surface area contributed by atoms with Crippen molar-refractivity contribution in [2.45, 2.75) is 32.7 Å². The number of nitriles is 1. The average molecular weight is 234 g/mol. The van der Waals surface area contributed by atoms with Gasteiger partial charge in [0.2, 0.25) is 0 Å². The lowest BCUT2D eigenvalue weighted by atomic mass is 10.0. The predicted molar refractivity (Wildman–Crippen MR) is 66.9 cm³/mol. The molecule has 92 valence electrons. The van der Waals surface area contributed by atoms with Crippen molar-refractivity contribution in [3.05, 3.63) is 35.6 Å². The van der Waals surface area contributed by atoms with Gasteiger partial charge < -0.3 is 0 Å². The van der Waals surface area contributed by atoms with Gasteiger partial charge in [-0.15, -0.1) is 0 Å². The van der Waals surface area contributed by atoms with Crippen LogP contribution in [0.2, 0.25) is 0 Å². The Morgan fingerprint density at radius 1 is 1.29 bits per heavy atom. The molecule has 1 aromatic rings. The van der Waals surface area contributed by atoms with Crippen molar-refractivity contribution in [2.24, 2.45) is 0 Å². The van der Waals surface area contributed by atoms with Crippen molar-refractivity contribution in [3.8, 4) is 6.07 Å². The minimum Gasteiger partial charge on any atom is -0.296 e. The average Bonchev–Trinajstić information content (AvgIpc) is 2.36. The van der Waals surface area contributed by atoms with Gasteiger partial charge in [0.25, 0.3) is 0 Å². The fourth-order valence-electron chi connectivity index (χ4n) is 2.12. The highest BCUT2D eigenvalue weighted by Gasteiger charge is 2.16. The zero-order valence-corrected chi connectivity index (χ0v) is 10.5. The van der Waals surface area contributed by atoms with E-state index in [1.807, 2.05) is 12.1 Å². The molecule has 0 aliphatic heterocycles. The van der Waals surface area contributed by atoms with Gasteiger partial charge in [-0.3, -0.25) is 4.90 Å². The molecule has 0 spiro atoms. The van der Waals surface area contributed by atoms with Gasteiger partial charge in [-0.05, 0) is 30.7 Å². The minimum absolute atomic E-state index is 0.205. The van der Waals surface area contributed by atoms with Gasteiger partial charge in [-0.25, -0.2) is 4.39 Å². The molecule has 0 N–H and O–H groups in total. The standard InChI is InChI=1S/C14H19FN2/c1-3-14(17(4-2)11-5-10-16)12-6-8-13(15)9-7-12/h6-9,14H,3-5,11H2,1-2H3. The fourth-order valence-corrected chi connectivity index (χ4v) is 2.12. The van der Waals surface area contributed by atoms with Crippen LogP contribution in [-0.2, 0) is 0 Å². The Bertz CT molecular complexity index is 367. The van der Waals surface area contributed by atoms with E-state index in [1.54, 1.807) is 0 Å². The molecule has 0 aromatic heterocycles. The zero-order valence-electron chi connectivity index (χ0n) is 10.5. The maximum atomic E-state index is 12.9. The summed E-state index contributed by atoms with van der Waals surface area (Å²) in [5.74, 6) is -0.205. The molecule has 0 radical (unpaired) electrons. The van der Waals surface area contributed by atoms with E-state index in [2.05, 4.69) is 24.8 Å². The summed E-state index contributed by atoms with van der Waals surface area (Å²) in [5, 5.41) is 8.65. The van der Waals surface area contributed by atoms with Gasteiger partial charge in [0, 0.05) is 19.0 Å². The van der Waals surface area contributed by atoms with Gasteiger partial charge in [0.1, 0.15) is 5.82 Å². The number of nitrogens with zero attached hydrogens (tertiary/aromatic N) is 2. The van der Waals surface area contributed by atoms with Crippen LogP contribution in [0, 0.1) is 17.1 Å². The van der Waals surface area contributed by atoms with Crippen LogP contribution in [-0.4, -0.2) is 18.0 Å². The molecule has 0 saturated carbocycles. The molecular formula is C14H19FN2. The van der Waals surface area contributed by atoms with E-state index < -0.39 is 0 Å². The fraction of sp³-hybridized carbons (Fsp3) is 0.500. The Morgan fingerprint density at radius 2 is 1.94 bits per heavy atom. The van der Waals surface area contributed by atoms with Gasteiger partial charge in [0.05, 0.1) is 6.07 Å². The lowest BCUT2D eigenvalue weighted by Crippen LogP contribution is -2.29. The molecule has 0 bridgehead atoms. The second kappa shape index (κ2) is 7.03. The zero-order chi connectivity index (χ0) is 12.7. The summed E-state index contributed by atoms with van der Waals surface area (Å²) < 4.78 is 12.9. The lowest BCUT2D eigenvalue weighted by Gasteiger charge is -2.29. The first kappa shape index (κ1) is 13.7. The summed E-state index contributed by atoms with van der Waals surface area (Å²) in [6, 6.07) is 9.10. The maximum Gasteiger partial charge on any atom is 0.123 e. The molecule has 0 heterocycles. The van der Waals surface area contributed by atoms with Crippen molar-refractivity contribution >= 4 is 0 Å². The molecule has 1 unspecified atom stereocenters. The minimum atomic E-state index is -0.205. The maximum absolute atomic E-state index is 12.9. The first-order valence-electron chi connectivity index (χ1n) is 6.09. The number of hydrogen-bond donors (Lipinski definition) is 0. The Morgan fingerprint density at radius 3 is 2.41 bits per heavy atom. The third kappa shape index (κ3) is 3.83. The monoisotopic (exact) mass is 234 g/mol. The van der Waals surface area contributed by atoms with Crippen LogP contribution in [0.25, 0.3) is 0 Å². The highest BCUT2D eigenvalue weighted by molar-refractivity contribution is 5.20. The molecule has 1 atom stereocenters. The summed E-state index contributed by atoms with van der Waals surface area (Å²) in [7, 11) is 0. The Balaban J connectivity index is 2.81. The van der Waals surface area contributed by atoms with Gasteiger partial charge in [-0.2, -0.15) is 5.26 Å². The smallest absolute Gasteiger partial charge is 0.123 e. The van der Waals surface area contributed by atoms with Crippen molar-refractivity contribution in [3.63, 3.8) is 0 Å². The Labute approximate surface area is 103 Å². The molecule has 17 heavy (non-hydrogen) atoms. The van der Waals surface area contributed by atoms with E-state index >= 15 is 0 Å². The normalized spacial score (nSPS) is 12.4. The largest absolute Gasteiger partial charge is 0.296 e. The second-order valence-electron chi connectivity index (χ2n) is 4.01. The van der Waals surface area contributed by atoms with Crippen LogP contribution in [0.1, 0.15) is 38.3 Å². The van der Waals surface area contributed by atoms with Crippen molar-refractivity contribution in [2.75, 3.05) is 13.1 Å². The first-order valence-corrected chi connectivity index (χ1v) is 6.09. The van der Waals surface area contributed by atoms with Crippen LogP contribution in [0.3, 0.4) is 0 Å². The first-order chi connectivity index (χ1) is 8.22. The SMILES string of the molecule is CCC(c1ccc(F)cc1)N(CC)CCC#N. The predicted octanol–water partition coefficient (Wildman–Crippen LogP) is 3.51. The van der Waals surface area contributed by atoms with E-state index in [9.17, 15) is 4.39 Å². The van der Waals surface area contributed by atoms with Crippen molar-refractivity contribution < 1.29 is 4.39 Å². The summed E-state index contributed by atoms with van der Waals surface area (Å²) >= 11 is 0. The number of rotatable bonds is 6. The van der Waals surface area contributed by atoms with Crippen molar-refractivity contribution in [1.82, 2.24) is 4.90 Å². The number of hydrogen-bond acceptors (Lipinski definition) is 2. The number of benzene rings is 1.